The van der Waals surface area contributed by atoms with E-state index in [0.29, 0.717) is 68.2 Å². The van der Waals surface area contributed by atoms with Crippen molar-refractivity contribution in [3.63, 3.8) is 0 Å². The van der Waals surface area contributed by atoms with Gasteiger partial charge in [-0.15, -0.1) is 23.5 Å². The third-order valence-corrected chi connectivity index (χ3v) is 8.45. The van der Waals surface area contributed by atoms with Gasteiger partial charge in [0.25, 0.3) is 0 Å². The maximum atomic E-state index is 13.9. The molecule has 11 heteroatoms. The van der Waals surface area contributed by atoms with Crippen LogP contribution >= 0.6 is 23.5 Å². The predicted octanol–water partition coefficient (Wildman–Crippen LogP) is 6.73. The van der Waals surface area contributed by atoms with Crippen molar-refractivity contribution >= 4 is 23.5 Å². The van der Waals surface area contributed by atoms with Gasteiger partial charge in [-0.25, -0.2) is 0 Å². The fourth-order valence-electron chi connectivity index (χ4n) is 5.56. The highest BCUT2D eigenvalue weighted by Crippen LogP contribution is 2.67. The van der Waals surface area contributed by atoms with E-state index in [0.717, 1.165) is 9.79 Å². The SMILES string of the molecule is CSc1c2c(c(-c3c(-c4c5c(c(SC)c6c4OC(C)(C)O6)OC(C)(C)O5)c3=O)c3c1OC(C)(C)O3)OC(C)(C)O2. The van der Waals surface area contributed by atoms with Crippen molar-refractivity contribution in [3.05, 3.63) is 10.2 Å². The van der Waals surface area contributed by atoms with Gasteiger partial charge in [0.1, 0.15) is 0 Å². The smallest absolute Gasteiger partial charge is 0.246 e. The monoisotopic (exact) mass is 586 g/mol. The first kappa shape index (κ1) is 25.9. The summed E-state index contributed by atoms with van der Waals surface area (Å²) in [7, 11) is 0. The van der Waals surface area contributed by atoms with Gasteiger partial charge in [-0.3, -0.25) is 4.79 Å². The van der Waals surface area contributed by atoms with Gasteiger partial charge >= 0.3 is 0 Å². The van der Waals surface area contributed by atoms with Crippen LogP contribution in [0.2, 0.25) is 0 Å². The predicted molar refractivity (Wildman–Crippen MR) is 151 cm³/mol. The first-order valence-corrected chi connectivity index (χ1v) is 15.4. The van der Waals surface area contributed by atoms with E-state index in [1.165, 1.54) is 23.5 Å². The molecule has 212 valence electrons. The number of rotatable bonds is 4. The standard InChI is InChI=1S/C29H30O9S2/c1-26(2)31-16-13(17-21(36-27(3,4)32-17)24(39-9)20(16)35-26)11-12(15(11)30)14-18-22(37-28(5,6)33-18)25(40-10)23-19(14)34-29(7,8)38-23/h1-10H3. The summed E-state index contributed by atoms with van der Waals surface area (Å²) < 4.78 is 50.2. The summed E-state index contributed by atoms with van der Waals surface area (Å²) in [6, 6.07) is 0. The maximum absolute atomic E-state index is 13.9. The highest BCUT2D eigenvalue weighted by Gasteiger charge is 2.51. The molecular weight excluding hydrogens is 556 g/mol. The number of ether oxygens (including phenoxy) is 8. The summed E-state index contributed by atoms with van der Waals surface area (Å²) in [6.45, 7) is 14.6. The zero-order valence-electron chi connectivity index (χ0n) is 24.0. The van der Waals surface area contributed by atoms with Crippen molar-refractivity contribution in [3.8, 4) is 68.2 Å². The summed E-state index contributed by atoms with van der Waals surface area (Å²) in [5.41, 5.74) is 1.64. The Hall–Kier alpha value is -3.05. The molecule has 0 aliphatic carbocycles. The number of hydrogen-bond acceptors (Lipinski definition) is 11. The molecule has 0 bridgehead atoms. The van der Waals surface area contributed by atoms with Gasteiger partial charge in [-0.05, 0) is 12.5 Å². The molecule has 3 aromatic carbocycles. The molecule has 0 spiro atoms. The van der Waals surface area contributed by atoms with Gasteiger partial charge < -0.3 is 37.9 Å². The fourth-order valence-corrected chi connectivity index (χ4v) is 6.84. The second kappa shape index (κ2) is 7.61. The van der Waals surface area contributed by atoms with Crippen molar-refractivity contribution in [2.45, 2.75) is 88.3 Å². The van der Waals surface area contributed by atoms with Gasteiger partial charge in [-0.1, -0.05) is 0 Å². The number of thioether (sulfide) groups is 2. The zero-order valence-corrected chi connectivity index (χ0v) is 25.6. The molecule has 0 aromatic heterocycles. The summed E-state index contributed by atoms with van der Waals surface area (Å²) in [6.07, 6.45) is 3.87. The molecule has 9 nitrogen and oxygen atoms in total. The molecule has 0 saturated heterocycles. The number of fused-ring (bicyclic) bond motifs is 4. The Morgan fingerprint density at radius 3 is 0.850 bits per heavy atom. The Morgan fingerprint density at radius 2 is 0.625 bits per heavy atom. The second-order valence-electron chi connectivity index (χ2n) is 11.9. The molecule has 0 N–H and O–H groups in total. The van der Waals surface area contributed by atoms with Crippen LogP contribution in [0.1, 0.15) is 55.4 Å². The Bertz CT molecular complexity index is 1450. The van der Waals surface area contributed by atoms with Crippen LogP contribution in [0.25, 0.3) is 22.3 Å². The largest absolute Gasteiger partial charge is 0.448 e. The average Bonchev–Trinajstić information content (AvgIpc) is 3.15. The van der Waals surface area contributed by atoms with Gasteiger partial charge in [0.15, 0.2) is 51.4 Å². The van der Waals surface area contributed by atoms with Crippen molar-refractivity contribution < 1.29 is 37.9 Å². The number of hydrogen-bond donors (Lipinski definition) is 0. The summed E-state index contributed by atoms with van der Waals surface area (Å²) in [5.74, 6) is 0.0571. The molecule has 4 heterocycles. The number of benzene rings is 2. The molecule has 0 fully saturated rings. The molecule has 0 amide bonds. The minimum Gasteiger partial charge on any atom is -0.448 e. The highest BCUT2D eigenvalue weighted by molar-refractivity contribution is 7.99. The first-order chi connectivity index (χ1) is 18.6. The van der Waals surface area contributed by atoms with Crippen molar-refractivity contribution in [2.24, 2.45) is 0 Å². The average molecular weight is 587 g/mol. The maximum Gasteiger partial charge on any atom is 0.246 e. The zero-order chi connectivity index (χ0) is 28.7. The van der Waals surface area contributed by atoms with Crippen LogP contribution in [-0.4, -0.2) is 35.7 Å². The van der Waals surface area contributed by atoms with E-state index in [1.54, 1.807) is 0 Å². The van der Waals surface area contributed by atoms with E-state index in [1.807, 2.05) is 67.9 Å². The lowest BCUT2D eigenvalue weighted by molar-refractivity contribution is -0.0509. The van der Waals surface area contributed by atoms with Crippen LogP contribution in [-0.2, 0) is 0 Å². The quantitative estimate of drug-likeness (QED) is 0.305. The molecule has 4 aliphatic rings. The molecule has 4 aliphatic heterocycles. The van der Waals surface area contributed by atoms with Crippen LogP contribution in [0.5, 0.6) is 46.0 Å². The van der Waals surface area contributed by atoms with E-state index in [-0.39, 0.29) is 5.43 Å². The summed E-state index contributed by atoms with van der Waals surface area (Å²) in [4.78, 5) is 15.4. The normalized spacial score (nSPS) is 20.9. The van der Waals surface area contributed by atoms with Crippen LogP contribution in [0.15, 0.2) is 14.6 Å². The van der Waals surface area contributed by atoms with E-state index in [2.05, 4.69) is 0 Å². The van der Waals surface area contributed by atoms with Crippen LogP contribution in [0.3, 0.4) is 0 Å². The lowest BCUT2D eigenvalue weighted by atomic mass is 10.0. The topological polar surface area (TPSA) is 90.9 Å². The summed E-state index contributed by atoms with van der Waals surface area (Å²) >= 11 is 2.94. The Labute approximate surface area is 240 Å². The van der Waals surface area contributed by atoms with E-state index >= 15 is 0 Å². The molecule has 3 aromatic rings. The second-order valence-corrected chi connectivity index (χ2v) is 13.6. The Kier molecular flexibility index (Phi) is 4.93. The van der Waals surface area contributed by atoms with E-state index < -0.39 is 23.1 Å². The molecule has 0 unspecified atom stereocenters. The lowest BCUT2D eigenvalue weighted by Crippen LogP contribution is -2.31. The molecule has 7 rings (SSSR count). The fraction of sp³-hybridized carbons (Fsp3) is 0.483. The van der Waals surface area contributed by atoms with E-state index in [9.17, 15) is 4.79 Å². The summed E-state index contributed by atoms with van der Waals surface area (Å²) in [5, 5.41) is 0. The Balaban J connectivity index is 1.51. The van der Waals surface area contributed by atoms with E-state index in [4.69, 9.17) is 37.9 Å². The van der Waals surface area contributed by atoms with Crippen molar-refractivity contribution in [1.29, 1.82) is 0 Å². The van der Waals surface area contributed by atoms with Crippen molar-refractivity contribution in [2.75, 3.05) is 12.5 Å². The Morgan fingerprint density at radius 1 is 0.400 bits per heavy atom. The molecule has 0 radical (unpaired) electrons. The molecule has 40 heavy (non-hydrogen) atoms. The van der Waals surface area contributed by atoms with Crippen LogP contribution in [0.4, 0.5) is 0 Å². The van der Waals surface area contributed by atoms with Gasteiger partial charge in [0.05, 0.1) is 20.9 Å². The van der Waals surface area contributed by atoms with Crippen LogP contribution < -0.4 is 43.3 Å². The third-order valence-electron chi connectivity index (χ3n) is 6.89. The first-order valence-electron chi connectivity index (χ1n) is 12.9. The highest BCUT2D eigenvalue weighted by atomic mass is 32.2. The third kappa shape index (κ3) is 3.52. The minimum atomic E-state index is -0.949. The minimum absolute atomic E-state index is 0.189. The molecule has 0 saturated carbocycles. The van der Waals surface area contributed by atoms with Crippen LogP contribution in [0, 0.1) is 0 Å². The lowest BCUT2D eigenvalue weighted by Gasteiger charge is -2.19. The van der Waals surface area contributed by atoms with Gasteiger partial charge in [-0.2, -0.15) is 0 Å². The molecular formula is C29H30O9S2. The van der Waals surface area contributed by atoms with Crippen molar-refractivity contribution in [1.82, 2.24) is 0 Å². The van der Waals surface area contributed by atoms with Gasteiger partial charge in [0, 0.05) is 66.5 Å². The van der Waals surface area contributed by atoms with Gasteiger partial charge in [0.2, 0.25) is 23.1 Å². The molecule has 0 atom stereocenters.